The zero-order valence-electron chi connectivity index (χ0n) is 8.58. The molecule has 0 unspecified atom stereocenters. The highest BCUT2D eigenvalue weighted by Gasteiger charge is 2.16. The van der Waals surface area contributed by atoms with E-state index < -0.39 is 0 Å². The number of fused-ring (bicyclic) bond motifs is 1. The Labute approximate surface area is 104 Å². The molecule has 2 nitrogen and oxygen atoms in total. The molecule has 1 aliphatic rings. The number of aryl methyl sites for hydroxylation is 1. The predicted molar refractivity (Wildman–Crippen MR) is 66.0 cm³/mol. The van der Waals surface area contributed by atoms with E-state index in [2.05, 4.69) is 9.55 Å². The molecule has 1 aliphatic heterocycles. The zero-order chi connectivity index (χ0) is 11.1. The maximum Gasteiger partial charge on any atom is 0.109 e. The summed E-state index contributed by atoms with van der Waals surface area (Å²) in [6, 6.07) is 5.71. The smallest absolute Gasteiger partial charge is 0.109 e. The molecule has 0 aliphatic carbocycles. The van der Waals surface area contributed by atoms with E-state index in [1.807, 2.05) is 24.4 Å². The summed E-state index contributed by atoms with van der Waals surface area (Å²) in [6.07, 6.45) is 4.16. The summed E-state index contributed by atoms with van der Waals surface area (Å²) in [6.45, 7) is 1.05. The van der Waals surface area contributed by atoms with Crippen molar-refractivity contribution in [3.63, 3.8) is 0 Å². The van der Waals surface area contributed by atoms with E-state index in [0.29, 0.717) is 10.0 Å². The summed E-state index contributed by atoms with van der Waals surface area (Å²) >= 11 is 11.9. The third-order valence-corrected chi connectivity index (χ3v) is 3.67. The average Bonchev–Trinajstić information content (AvgIpc) is 2.83. The van der Waals surface area contributed by atoms with Crippen molar-refractivity contribution in [3.05, 3.63) is 40.3 Å². The second-order valence-corrected chi connectivity index (χ2v) is 4.76. The molecule has 16 heavy (non-hydrogen) atoms. The fraction of sp³-hybridized carbons (Fsp3) is 0.250. The molecule has 0 bridgehead atoms. The molecular weight excluding hydrogens is 243 g/mol. The number of halogens is 2. The summed E-state index contributed by atoms with van der Waals surface area (Å²) < 4.78 is 2.25. The third kappa shape index (κ3) is 1.53. The van der Waals surface area contributed by atoms with Gasteiger partial charge in [0.05, 0.1) is 21.9 Å². The first-order valence-electron chi connectivity index (χ1n) is 5.25. The average molecular weight is 253 g/mol. The first-order valence-corrected chi connectivity index (χ1v) is 6.01. The van der Waals surface area contributed by atoms with Crippen LogP contribution in [0.25, 0.3) is 11.3 Å². The summed E-state index contributed by atoms with van der Waals surface area (Å²) in [5.41, 5.74) is 2.21. The van der Waals surface area contributed by atoms with Gasteiger partial charge in [-0.15, -0.1) is 0 Å². The number of nitrogens with zero attached hydrogens (tertiary/aromatic N) is 2. The van der Waals surface area contributed by atoms with E-state index in [1.165, 1.54) is 12.2 Å². The fourth-order valence-electron chi connectivity index (χ4n) is 2.14. The van der Waals surface area contributed by atoms with Gasteiger partial charge in [-0.25, -0.2) is 4.98 Å². The SMILES string of the molecule is Clc1ccc(-c2cnc3n2CCC3)cc1Cl. The molecule has 2 heterocycles. The van der Waals surface area contributed by atoms with Gasteiger partial charge in [-0.2, -0.15) is 0 Å². The molecule has 2 aromatic rings. The summed E-state index contributed by atoms with van der Waals surface area (Å²) in [5, 5.41) is 1.18. The van der Waals surface area contributed by atoms with Crippen molar-refractivity contribution in [1.29, 1.82) is 0 Å². The molecule has 0 amide bonds. The minimum absolute atomic E-state index is 0.589. The van der Waals surface area contributed by atoms with Gasteiger partial charge in [0.25, 0.3) is 0 Å². The molecule has 0 saturated heterocycles. The van der Waals surface area contributed by atoms with Crippen LogP contribution in [-0.4, -0.2) is 9.55 Å². The highest BCUT2D eigenvalue weighted by Crippen LogP contribution is 2.30. The van der Waals surface area contributed by atoms with Crippen LogP contribution in [0.15, 0.2) is 24.4 Å². The minimum atomic E-state index is 0.589. The first-order chi connectivity index (χ1) is 7.75. The first kappa shape index (κ1) is 10.2. The Morgan fingerprint density at radius 3 is 2.88 bits per heavy atom. The molecule has 3 rings (SSSR count). The van der Waals surface area contributed by atoms with Crippen LogP contribution in [0.2, 0.25) is 10.0 Å². The van der Waals surface area contributed by atoms with Crippen LogP contribution in [0.4, 0.5) is 0 Å². The number of hydrogen-bond donors (Lipinski definition) is 0. The molecule has 1 aromatic heterocycles. The van der Waals surface area contributed by atoms with E-state index in [-0.39, 0.29) is 0 Å². The van der Waals surface area contributed by atoms with E-state index in [4.69, 9.17) is 23.2 Å². The molecule has 0 atom stereocenters. The highest BCUT2D eigenvalue weighted by atomic mass is 35.5. The third-order valence-electron chi connectivity index (χ3n) is 2.94. The summed E-state index contributed by atoms with van der Waals surface area (Å²) in [5.74, 6) is 1.17. The largest absolute Gasteiger partial charge is 0.328 e. The van der Waals surface area contributed by atoms with Crippen molar-refractivity contribution in [2.75, 3.05) is 0 Å². The number of benzene rings is 1. The van der Waals surface area contributed by atoms with Crippen LogP contribution in [0, 0.1) is 0 Å². The van der Waals surface area contributed by atoms with Crippen molar-refractivity contribution < 1.29 is 0 Å². The molecule has 0 N–H and O–H groups in total. The van der Waals surface area contributed by atoms with Gasteiger partial charge in [0.2, 0.25) is 0 Å². The lowest BCUT2D eigenvalue weighted by molar-refractivity contribution is 0.756. The molecule has 0 spiro atoms. The Kier molecular flexibility index (Phi) is 2.41. The van der Waals surface area contributed by atoms with Gasteiger partial charge in [0, 0.05) is 18.5 Å². The quantitative estimate of drug-likeness (QED) is 0.755. The maximum atomic E-state index is 6.02. The molecule has 1 aromatic carbocycles. The second-order valence-electron chi connectivity index (χ2n) is 3.94. The van der Waals surface area contributed by atoms with Gasteiger partial charge in [-0.3, -0.25) is 0 Å². The van der Waals surface area contributed by atoms with Crippen molar-refractivity contribution in [1.82, 2.24) is 9.55 Å². The van der Waals surface area contributed by atoms with Crippen LogP contribution in [0.1, 0.15) is 12.2 Å². The molecule has 4 heteroatoms. The van der Waals surface area contributed by atoms with Gasteiger partial charge in [0.15, 0.2) is 0 Å². The number of rotatable bonds is 1. The molecule has 82 valence electrons. The number of imidazole rings is 1. The monoisotopic (exact) mass is 252 g/mol. The normalized spacial score (nSPS) is 14.1. The molecule has 0 fully saturated rings. The van der Waals surface area contributed by atoms with Gasteiger partial charge in [0.1, 0.15) is 5.82 Å². The zero-order valence-corrected chi connectivity index (χ0v) is 10.1. The topological polar surface area (TPSA) is 17.8 Å². The van der Waals surface area contributed by atoms with Gasteiger partial charge < -0.3 is 4.57 Å². The number of aromatic nitrogens is 2. The van der Waals surface area contributed by atoms with Gasteiger partial charge in [-0.05, 0) is 18.6 Å². The van der Waals surface area contributed by atoms with E-state index in [1.54, 1.807) is 0 Å². The van der Waals surface area contributed by atoms with Gasteiger partial charge in [-0.1, -0.05) is 29.3 Å². The minimum Gasteiger partial charge on any atom is -0.328 e. The summed E-state index contributed by atoms with van der Waals surface area (Å²) in [7, 11) is 0. The molecule has 0 radical (unpaired) electrons. The van der Waals surface area contributed by atoms with Crippen molar-refractivity contribution in [3.8, 4) is 11.3 Å². The fourth-order valence-corrected chi connectivity index (χ4v) is 2.44. The Bertz CT molecular complexity index is 546. The van der Waals surface area contributed by atoms with Crippen molar-refractivity contribution in [2.45, 2.75) is 19.4 Å². The highest BCUT2D eigenvalue weighted by molar-refractivity contribution is 6.42. The predicted octanol–water partition coefficient (Wildman–Crippen LogP) is 3.80. The standard InChI is InChI=1S/C12H10Cl2N2/c13-9-4-3-8(6-10(9)14)11-7-15-12-2-1-5-16(11)12/h3-4,6-7H,1-2,5H2. The van der Waals surface area contributed by atoms with E-state index >= 15 is 0 Å². The van der Waals surface area contributed by atoms with Crippen LogP contribution >= 0.6 is 23.2 Å². The van der Waals surface area contributed by atoms with Crippen LogP contribution in [0.3, 0.4) is 0 Å². The lowest BCUT2D eigenvalue weighted by Crippen LogP contribution is -1.95. The lowest BCUT2D eigenvalue weighted by atomic mass is 10.1. The second kappa shape index (κ2) is 3.79. The Balaban J connectivity index is 2.11. The molecule has 0 saturated carbocycles. The summed E-state index contributed by atoms with van der Waals surface area (Å²) in [4.78, 5) is 4.41. The van der Waals surface area contributed by atoms with Gasteiger partial charge >= 0.3 is 0 Å². The lowest BCUT2D eigenvalue weighted by Gasteiger charge is -2.05. The van der Waals surface area contributed by atoms with Crippen molar-refractivity contribution >= 4 is 23.2 Å². The van der Waals surface area contributed by atoms with E-state index in [9.17, 15) is 0 Å². The van der Waals surface area contributed by atoms with Crippen LogP contribution < -0.4 is 0 Å². The Morgan fingerprint density at radius 1 is 1.19 bits per heavy atom. The Hall–Kier alpha value is -0.990. The van der Waals surface area contributed by atoms with Crippen LogP contribution in [0.5, 0.6) is 0 Å². The number of hydrogen-bond acceptors (Lipinski definition) is 1. The van der Waals surface area contributed by atoms with Crippen LogP contribution in [-0.2, 0) is 13.0 Å². The molecular formula is C12H10Cl2N2. The Morgan fingerprint density at radius 2 is 2.06 bits per heavy atom. The van der Waals surface area contributed by atoms with E-state index in [0.717, 1.165) is 24.2 Å². The maximum absolute atomic E-state index is 6.02. The van der Waals surface area contributed by atoms with Crippen molar-refractivity contribution in [2.24, 2.45) is 0 Å².